The summed E-state index contributed by atoms with van der Waals surface area (Å²) in [6.07, 6.45) is 0. The van der Waals surface area contributed by atoms with E-state index in [-0.39, 0.29) is 5.97 Å². The minimum atomic E-state index is -0.482. The molecular formula is C23H30N2O2. The van der Waals surface area contributed by atoms with E-state index in [1.807, 2.05) is 39.0 Å². The predicted molar refractivity (Wildman–Crippen MR) is 112 cm³/mol. The van der Waals surface area contributed by atoms with Gasteiger partial charge in [-0.15, -0.1) is 0 Å². The summed E-state index contributed by atoms with van der Waals surface area (Å²) in [4.78, 5) is 17.2. The molecule has 0 bridgehead atoms. The van der Waals surface area contributed by atoms with Gasteiger partial charge < -0.3 is 14.5 Å². The predicted octanol–water partition coefficient (Wildman–Crippen LogP) is 4.59. The van der Waals surface area contributed by atoms with Crippen LogP contribution in [0, 0.1) is 13.8 Å². The van der Waals surface area contributed by atoms with Crippen LogP contribution in [0.2, 0.25) is 0 Å². The van der Waals surface area contributed by atoms with Crippen LogP contribution < -0.4 is 9.80 Å². The van der Waals surface area contributed by atoms with Crippen molar-refractivity contribution in [2.45, 2.75) is 40.2 Å². The van der Waals surface area contributed by atoms with Gasteiger partial charge in [-0.25, -0.2) is 4.79 Å². The molecule has 0 atom stereocenters. The summed E-state index contributed by atoms with van der Waals surface area (Å²) in [5.41, 5.74) is 5.23. The lowest BCUT2D eigenvalue weighted by Crippen LogP contribution is -2.46. The molecule has 4 heteroatoms. The zero-order valence-corrected chi connectivity index (χ0v) is 17.1. The summed E-state index contributed by atoms with van der Waals surface area (Å²) in [5, 5.41) is 0. The van der Waals surface area contributed by atoms with Crippen molar-refractivity contribution in [3.8, 4) is 0 Å². The quantitative estimate of drug-likeness (QED) is 0.744. The summed E-state index contributed by atoms with van der Waals surface area (Å²) in [7, 11) is 0. The van der Waals surface area contributed by atoms with Crippen molar-refractivity contribution in [3.05, 3.63) is 59.2 Å². The van der Waals surface area contributed by atoms with Gasteiger partial charge in [0, 0.05) is 37.6 Å². The number of aryl methyl sites for hydroxylation is 1. The third-order valence-corrected chi connectivity index (χ3v) is 5.04. The van der Waals surface area contributed by atoms with E-state index in [0.717, 1.165) is 31.9 Å². The zero-order chi connectivity index (χ0) is 19.6. The highest BCUT2D eigenvalue weighted by atomic mass is 16.6. The molecule has 0 radical (unpaired) electrons. The number of ether oxygens (including phenoxy) is 1. The molecule has 2 aromatic carbocycles. The molecule has 0 saturated carbocycles. The van der Waals surface area contributed by atoms with Crippen LogP contribution in [0.4, 0.5) is 11.4 Å². The summed E-state index contributed by atoms with van der Waals surface area (Å²) in [6, 6.07) is 14.3. The largest absolute Gasteiger partial charge is 0.456 e. The molecule has 3 rings (SSSR count). The average Bonchev–Trinajstić information content (AvgIpc) is 2.63. The second kappa shape index (κ2) is 7.63. The number of piperazine rings is 1. The molecule has 2 aromatic rings. The molecule has 1 aliphatic heterocycles. The minimum absolute atomic E-state index is 0.265. The minimum Gasteiger partial charge on any atom is -0.456 e. The summed E-state index contributed by atoms with van der Waals surface area (Å²) in [5.74, 6) is -0.265. The number of hydrogen-bond donors (Lipinski definition) is 0. The molecule has 0 spiro atoms. The lowest BCUT2D eigenvalue weighted by molar-refractivity contribution is 0.00695. The maximum absolute atomic E-state index is 12.4. The van der Waals surface area contributed by atoms with Gasteiger partial charge in [0.05, 0.1) is 5.56 Å². The third kappa shape index (κ3) is 4.62. The Balaban J connectivity index is 1.69. The first-order valence-electron chi connectivity index (χ1n) is 9.64. The van der Waals surface area contributed by atoms with E-state index in [9.17, 15) is 4.79 Å². The second-order valence-corrected chi connectivity index (χ2v) is 8.25. The molecule has 0 aliphatic carbocycles. The van der Waals surface area contributed by atoms with Crippen molar-refractivity contribution in [2.75, 3.05) is 36.0 Å². The third-order valence-electron chi connectivity index (χ3n) is 5.04. The van der Waals surface area contributed by atoms with Crippen LogP contribution in [0.3, 0.4) is 0 Å². The first kappa shape index (κ1) is 19.3. The Labute approximate surface area is 162 Å². The average molecular weight is 367 g/mol. The van der Waals surface area contributed by atoms with Crippen LogP contribution in [-0.4, -0.2) is 37.7 Å². The van der Waals surface area contributed by atoms with Gasteiger partial charge in [0.15, 0.2) is 0 Å². The van der Waals surface area contributed by atoms with Crippen LogP contribution in [0.5, 0.6) is 0 Å². The fourth-order valence-corrected chi connectivity index (χ4v) is 3.45. The van der Waals surface area contributed by atoms with Crippen molar-refractivity contribution in [1.29, 1.82) is 0 Å². The lowest BCUT2D eigenvalue weighted by Gasteiger charge is -2.38. The Morgan fingerprint density at radius 1 is 0.926 bits per heavy atom. The number of nitrogens with zero attached hydrogens (tertiary/aromatic N) is 2. The normalized spacial score (nSPS) is 15.0. The van der Waals surface area contributed by atoms with E-state index in [4.69, 9.17) is 4.74 Å². The van der Waals surface area contributed by atoms with Crippen molar-refractivity contribution in [3.63, 3.8) is 0 Å². The van der Waals surface area contributed by atoms with Gasteiger partial charge in [-0.05, 0) is 70.0 Å². The monoisotopic (exact) mass is 366 g/mol. The molecule has 0 unspecified atom stereocenters. The van der Waals surface area contributed by atoms with Gasteiger partial charge in [-0.1, -0.05) is 18.2 Å². The molecule has 1 aliphatic rings. The molecular weight excluding hydrogens is 336 g/mol. The summed E-state index contributed by atoms with van der Waals surface area (Å²) in [6.45, 7) is 13.8. The van der Waals surface area contributed by atoms with Crippen molar-refractivity contribution in [1.82, 2.24) is 0 Å². The Morgan fingerprint density at radius 3 is 2.22 bits per heavy atom. The number of benzene rings is 2. The smallest absolute Gasteiger partial charge is 0.338 e. The molecule has 0 N–H and O–H groups in total. The van der Waals surface area contributed by atoms with Crippen LogP contribution in [0.25, 0.3) is 0 Å². The molecule has 1 heterocycles. The van der Waals surface area contributed by atoms with E-state index in [1.165, 1.54) is 16.8 Å². The van der Waals surface area contributed by atoms with Crippen molar-refractivity contribution >= 4 is 17.3 Å². The van der Waals surface area contributed by atoms with Crippen LogP contribution in [0.1, 0.15) is 42.3 Å². The number of carbonyl (C=O) groups excluding carboxylic acids is 1. The van der Waals surface area contributed by atoms with E-state index in [2.05, 4.69) is 47.9 Å². The van der Waals surface area contributed by atoms with Crippen LogP contribution in [-0.2, 0) is 4.74 Å². The standard InChI is InChI=1S/C23H30N2O2/c1-17-8-6-11-21(18(17)2)25-14-12-24(13-15-25)20-10-7-9-19(16-20)22(26)27-23(3,4)5/h6-11,16H,12-15H2,1-5H3. The van der Waals surface area contributed by atoms with Gasteiger partial charge in [-0.2, -0.15) is 0 Å². The van der Waals surface area contributed by atoms with Crippen molar-refractivity contribution < 1.29 is 9.53 Å². The molecule has 0 aromatic heterocycles. The summed E-state index contributed by atoms with van der Waals surface area (Å²) < 4.78 is 5.50. The Kier molecular flexibility index (Phi) is 5.45. The van der Waals surface area contributed by atoms with Crippen molar-refractivity contribution in [2.24, 2.45) is 0 Å². The van der Waals surface area contributed by atoms with E-state index in [1.54, 1.807) is 0 Å². The Bertz CT molecular complexity index is 815. The van der Waals surface area contributed by atoms with E-state index < -0.39 is 5.60 Å². The zero-order valence-electron chi connectivity index (χ0n) is 17.1. The van der Waals surface area contributed by atoms with Crippen LogP contribution >= 0.6 is 0 Å². The topological polar surface area (TPSA) is 32.8 Å². The maximum Gasteiger partial charge on any atom is 0.338 e. The Hall–Kier alpha value is -2.49. The highest BCUT2D eigenvalue weighted by Crippen LogP contribution is 2.26. The molecule has 27 heavy (non-hydrogen) atoms. The van der Waals surface area contributed by atoms with Gasteiger partial charge in [0.2, 0.25) is 0 Å². The number of rotatable bonds is 3. The molecule has 144 valence electrons. The number of esters is 1. The summed E-state index contributed by atoms with van der Waals surface area (Å²) >= 11 is 0. The van der Waals surface area contributed by atoms with Gasteiger partial charge >= 0.3 is 5.97 Å². The van der Waals surface area contributed by atoms with Gasteiger partial charge in [0.25, 0.3) is 0 Å². The highest BCUT2D eigenvalue weighted by Gasteiger charge is 2.21. The van der Waals surface area contributed by atoms with E-state index >= 15 is 0 Å². The fraction of sp³-hybridized carbons (Fsp3) is 0.435. The first-order valence-corrected chi connectivity index (χ1v) is 9.64. The lowest BCUT2D eigenvalue weighted by atomic mass is 10.1. The van der Waals surface area contributed by atoms with Gasteiger partial charge in [-0.3, -0.25) is 0 Å². The second-order valence-electron chi connectivity index (χ2n) is 8.25. The number of anilines is 2. The van der Waals surface area contributed by atoms with Gasteiger partial charge in [0.1, 0.15) is 5.60 Å². The van der Waals surface area contributed by atoms with Crippen LogP contribution in [0.15, 0.2) is 42.5 Å². The Morgan fingerprint density at radius 2 is 1.56 bits per heavy atom. The first-order chi connectivity index (χ1) is 12.7. The SMILES string of the molecule is Cc1cccc(N2CCN(c3cccc(C(=O)OC(C)(C)C)c3)CC2)c1C. The molecule has 0 amide bonds. The maximum atomic E-state index is 12.4. The fourth-order valence-electron chi connectivity index (χ4n) is 3.45. The number of hydrogen-bond acceptors (Lipinski definition) is 4. The molecule has 4 nitrogen and oxygen atoms in total. The van der Waals surface area contributed by atoms with E-state index in [0.29, 0.717) is 5.56 Å². The number of carbonyl (C=O) groups is 1. The highest BCUT2D eigenvalue weighted by molar-refractivity contribution is 5.90. The molecule has 1 fully saturated rings. The molecule has 1 saturated heterocycles.